The molecule has 1 aromatic rings. The third-order valence-electron chi connectivity index (χ3n) is 0.895. The number of hydrogen-bond acceptors (Lipinski definition) is 4. The van der Waals surface area contributed by atoms with Crippen molar-refractivity contribution in [1.29, 1.82) is 0 Å². The molecule has 4 nitrogen and oxygen atoms in total. The van der Waals surface area contributed by atoms with Crippen LogP contribution in [-0.2, 0) is 0 Å². The first-order valence-corrected chi connectivity index (χ1v) is 3.49. The number of rotatable bonds is 1. The molecule has 13 heavy (non-hydrogen) atoms. The SMILES string of the molecule is O=C(O)c1c(O)[nH]sc1=S.[H-].[H-].[H-].[Na+].[Na+].[Na+]. The van der Waals surface area contributed by atoms with Crippen LogP contribution in [0.1, 0.15) is 14.6 Å². The van der Waals surface area contributed by atoms with Crippen molar-refractivity contribution in [2.24, 2.45) is 0 Å². The molecule has 0 aliphatic heterocycles. The van der Waals surface area contributed by atoms with Gasteiger partial charge < -0.3 is 14.5 Å². The third kappa shape index (κ3) is 5.67. The quantitative estimate of drug-likeness (QED) is 0.341. The van der Waals surface area contributed by atoms with Crippen molar-refractivity contribution in [3.8, 4) is 5.88 Å². The molecule has 3 N–H and O–H groups in total. The number of aromatic hydroxyl groups is 1. The zero-order valence-electron chi connectivity index (χ0n) is 10.6. The van der Waals surface area contributed by atoms with Crippen molar-refractivity contribution < 1.29 is 108 Å². The Morgan fingerprint density at radius 1 is 1.46 bits per heavy atom. The predicted octanol–water partition coefficient (Wildman–Crippen LogP) is -7.44. The molecule has 0 bridgehead atoms. The van der Waals surface area contributed by atoms with Crippen molar-refractivity contribution in [3.05, 3.63) is 9.39 Å². The molecule has 0 radical (unpaired) electrons. The van der Waals surface area contributed by atoms with E-state index in [9.17, 15) is 4.79 Å². The zero-order valence-corrected chi connectivity index (χ0v) is 15.3. The van der Waals surface area contributed by atoms with Gasteiger partial charge in [-0.05, 0) is 11.5 Å². The van der Waals surface area contributed by atoms with Crippen LogP contribution < -0.4 is 88.7 Å². The Labute approximate surface area is 155 Å². The maximum atomic E-state index is 10.3. The van der Waals surface area contributed by atoms with Gasteiger partial charge in [-0.3, -0.25) is 4.37 Å². The van der Waals surface area contributed by atoms with Gasteiger partial charge in [-0.2, -0.15) is 0 Å². The molecule has 1 aromatic heterocycles. The Morgan fingerprint density at radius 2 is 1.92 bits per heavy atom. The molecule has 0 spiro atoms. The minimum atomic E-state index is -1.21. The summed E-state index contributed by atoms with van der Waals surface area (Å²) in [6, 6.07) is 0. The minimum Gasteiger partial charge on any atom is -1.00 e. The predicted molar refractivity (Wildman–Crippen MR) is 41.5 cm³/mol. The summed E-state index contributed by atoms with van der Waals surface area (Å²) < 4.78 is 2.49. The first-order chi connectivity index (χ1) is 4.63. The largest absolute Gasteiger partial charge is 1.00 e. The Hall–Kier alpha value is 2.12. The van der Waals surface area contributed by atoms with E-state index in [0.717, 1.165) is 11.5 Å². The molecule has 60 valence electrons. The minimum absolute atomic E-state index is 0. The summed E-state index contributed by atoms with van der Waals surface area (Å²) >= 11 is 5.51. The van der Waals surface area contributed by atoms with Crippen LogP contribution >= 0.6 is 23.8 Å². The fraction of sp³-hybridized carbons (Fsp3) is 0. The van der Waals surface area contributed by atoms with E-state index >= 15 is 0 Å². The van der Waals surface area contributed by atoms with Crippen LogP contribution in [0.4, 0.5) is 0 Å². The number of aromatic nitrogens is 1. The van der Waals surface area contributed by atoms with Gasteiger partial charge in [0.05, 0.1) is 0 Å². The summed E-state index contributed by atoms with van der Waals surface area (Å²) in [7, 11) is 0. The van der Waals surface area contributed by atoms with Crippen LogP contribution in [0.15, 0.2) is 0 Å². The van der Waals surface area contributed by atoms with Crippen molar-refractivity contribution in [3.63, 3.8) is 0 Å². The third-order valence-corrected chi connectivity index (χ3v) is 2.03. The molecule has 0 saturated carbocycles. The van der Waals surface area contributed by atoms with E-state index in [1.165, 1.54) is 0 Å². The summed E-state index contributed by atoms with van der Waals surface area (Å²) in [5.74, 6) is -1.58. The zero-order chi connectivity index (χ0) is 7.72. The van der Waals surface area contributed by atoms with Crippen LogP contribution in [0.25, 0.3) is 0 Å². The fourth-order valence-electron chi connectivity index (χ4n) is 0.482. The van der Waals surface area contributed by atoms with Gasteiger partial charge in [-0.15, -0.1) is 0 Å². The molecule has 1 heterocycles. The van der Waals surface area contributed by atoms with Crippen LogP contribution in [0, 0.1) is 3.82 Å². The maximum Gasteiger partial charge on any atom is 1.00 e. The molecule has 0 amide bonds. The Kier molecular flexibility index (Phi) is 14.8. The molecule has 0 aromatic carbocycles. The second-order valence-electron chi connectivity index (χ2n) is 1.52. The van der Waals surface area contributed by atoms with Gasteiger partial charge in [-0.1, -0.05) is 12.2 Å². The second kappa shape index (κ2) is 9.35. The van der Waals surface area contributed by atoms with Gasteiger partial charge in [-0.25, -0.2) is 4.79 Å². The average molecular weight is 249 g/mol. The number of nitrogens with one attached hydrogen (secondary N) is 1. The molecule has 1 rings (SSSR count). The molecular weight excluding hydrogens is 243 g/mol. The van der Waals surface area contributed by atoms with Crippen LogP contribution in [0.5, 0.6) is 5.88 Å². The summed E-state index contributed by atoms with van der Waals surface area (Å²) in [6.07, 6.45) is 0. The molecule has 0 saturated heterocycles. The number of aromatic amines is 1. The number of hydrogen-bond donors (Lipinski definition) is 3. The molecule has 9 heteroatoms. The molecule has 0 fully saturated rings. The Bertz CT molecular complexity index is 334. The summed E-state index contributed by atoms with van der Waals surface area (Å²) in [5.41, 5.74) is -0.222. The van der Waals surface area contributed by atoms with Crippen LogP contribution in [0.3, 0.4) is 0 Å². The number of carbonyl (C=O) groups is 1. The van der Waals surface area contributed by atoms with Gasteiger partial charge >= 0.3 is 94.6 Å². The fourth-order valence-corrected chi connectivity index (χ4v) is 1.37. The number of carboxylic acid groups (broad SMARTS) is 1. The topological polar surface area (TPSA) is 73.3 Å². The molecule has 0 aliphatic carbocycles. The Morgan fingerprint density at radius 3 is 2.08 bits per heavy atom. The van der Waals surface area contributed by atoms with Gasteiger partial charge in [0.1, 0.15) is 9.39 Å². The monoisotopic (exact) mass is 249 g/mol. The number of carboxylic acids is 1. The van der Waals surface area contributed by atoms with Gasteiger partial charge in [0.2, 0.25) is 5.88 Å². The summed E-state index contributed by atoms with van der Waals surface area (Å²) in [4.78, 5) is 10.3. The van der Waals surface area contributed by atoms with E-state index in [1.54, 1.807) is 0 Å². The number of aromatic carboxylic acids is 1. The van der Waals surface area contributed by atoms with Crippen LogP contribution in [0.2, 0.25) is 0 Å². The molecular formula is C4H6NNa3O3S2. The summed E-state index contributed by atoms with van der Waals surface area (Å²) in [5, 5.41) is 17.2. The first-order valence-electron chi connectivity index (χ1n) is 2.26. The smallest absolute Gasteiger partial charge is 1.00 e. The Balaban J connectivity index is -0.0000000417. The van der Waals surface area contributed by atoms with Gasteiger partial charge in [0, 0.05) is 0 Å². The normalized spacial score (nSPS) is 7.38. The first kappa shape index (κ1) is 20.5. The second-order valence-corrected chi connectivity index (χ2v) is 3.00. The van der Waals surface area contributed by atoms with Gasteiger partial charge in [0.15, 0.2) is 0 Å². The van der Waals surface area contributed by atoms with E-state index in [0.29, 0.717) is 0 Å². The van der Waals surface area contributed by atoms with Crippen molar-refractivity contribution in [1.82, 2.24) is 4.37 Å². The van der Waals surface area contributed by atoms with Crippen molar-refractivity contribution >= 4 is 29.7 Å². The summed E-state index contributed by atoms with van der Waals surface area (Å²) in [6.45, 7) is 0. The molecule has 0 unspecified atom stereocenters. The van der Waals surface area contributed by atoms with E-state index in [1.807, 2.05) is 0 Å². The van der Waals surface area contributed by atoms with Gasteiger partial charge in [0.25, 0.3) is 0 Å². The van der Waals surface area contributed by atoms with Crippen LogP contribution in [-0.4, -0.2) is 20.6 Å². The van der Waals surface area contributed by atoms with E-state index < -0.39 is 5.97 Å². The van der Waals surface area contributed by atoms with E-state index in [2.05, 4.69) is 16.6 Å². The standard InChI is InChI=1S/C4H3NO3S2.3Na.3H/c6-2-1(3(7)8)4(9)10-5-2;;;;;;/h5-6H,(H,7,8);;;;;;/q;3*+1;3*-1. The number of H-pyrrole nitrogens is 1. The van der Waals surface area contributed by atoms with Crippen molar-refractivity contribution in [2.75, 3.05) is 0 Å². The molecule has 0 aliphatic rings. The van der Waals surface area contributed by atoms with E-state index in [4.69, 9.17) is 10.2 Å². The van der Waals surface area contributed by atoms with E-state index in [-0.39, 0.29) is 108 Å². The van der Waals surface area contributed by atoms with Crippen molar-refractivity contribution in [2.45, 2.75) is 0 Å². The average Bonchev–Trinajstić information content (AvgIpc) is 2.11. The maximum absolute atomic E-state index is 10.3. The molecule has 0 atom stereocenters.